The van der Waals surface area contributed by atoms with Crippen molar-refractivity contribution >= 4 is 17.5 Å². The van der Waals surface area contributed by atoms with Crippen molar-refractivity contribution in [1.82, 2.24) is 0 Å². The number of hydrogen-bond acceptors (Lipinski definition) is 4. The van der Waals surface area contributed by atoms with Crippen LogP contribution in [-0.2, 0) is 4.79 Å². The largest absolute Gasteiger partial charge is 0.401 e. The first-order valence-corrected chi connectivity index (χ1v) is 6.54. The van der Waals surface area contributed by atoms with Gasteiger partial charge in [0.05, 0.1) is 5.75 Å². The Hall–Kier alpha value is -1.73. The van der Waals surface area contributed by atoms with Gasteiger partial charge in [0.1, 0.15) is 11.6 Å². The number of allylic oxidation sites excluding steroid dienone is 2. The zero-order valence-corrected chi connectivity index (χ0v) is 11.6. The average Bonchev–Trinajstić information content (AvgIpc) is 2.30. The summed E-state index contributed by atoms with van der Waals surface area (Å²) >= 11 is 1.44. The number of nitrogens with zero attached hydrogens (tertiary/aromatic N) is 1. The molecular weight excluding hydrogens is 244 g/mol. The molecule has 0 fully saturated rings. The smallest absolute Gasteiger partial charge is 0.185 e. The molecule has 0 bridgehead atoms. The first-order chi connectivity index (χ1) is 8.45. The van der Waals surface area contributed by atoms with E-state index in [-0.39, 0.29) is 22.8 Å². The molecule has 0 aliphatic rings. The highest BCUT2D eigenvalue weighted by atomic mass is 32.2. The summed E-state index contributed by atoms with van der Waals surface area (Å²) in [6.45, 7) is 5.58. The Labute approximate surface area is 112 Å². The lowest BCUT2D eigenvalue weighted by molar-refractivity contribution is -0.112. The van der Waals surface area contributed by atoms with E-state index in [2.05, 4.69) is 0 Å². The molecular formula is C14H16N2OS. The van der Waals surface area contributed by atoms with Gasteiger partial charge in [-0.15, -0.1) is 11.8 Å². The van der Waals surface area contributed by atoms with Crippen molar-refractivity contribution < 1.29 is 4.79 Å². The fourth-order valence-corrected chi connectivity index (χ4v) is 2.44. The third-order valence-electron chi connectivity index (χ3n) is 2.49. The summed E-state index contributed by atoms with van der Waals surface area (Å²) in [5.74, 6) is 0.0188. The summed E-state index contributed by atoms with van der Waals surface area (Å²) in [4.78, 5) is 12.9. The Morgan fingerprint density at radius 2 is 2.11 bits per heavy atom. The lowest BCUT2D eigenvalue weighted by Gasteiger charge is -2.06. The van der Waals surface area contributed by atoms with Crippen molar-refractivity contribution in [2.45, 2.75) is 25.7 Å². The second-order valence-corrected chi connectivity index (χ2v) is 5.17. The molecule has 4 heteroatoms. The molecule has 0 saturated carbocycles. The molecule has 0 radical (unpaired) electrons. The van der Waals surface area contributed by atoms with Crippen LogP contribution in [0.4, 0.5) is 0 Å². The molecule has 0 aliphatic heterocycles. The second kappa shape index (κ2) is 6.27. The summed E-state index contributed by atoms with van der Waals surface area (Å²) in [6, 6.07) is 7.95. The van der Waals surface area contributed by atoms with Crippen LogP contribution in [0.5, 0.6) is 0 Å². The molecule has 0 amide bonds. The number of aryl methyl sites for hydroxylation is 2. The molecule has 0 atom stereocenters. The van der Waals surface area contributed by atoms with Crippen LogP contribution in [0, 0.1) is 25.2 Å². The van der Waals surface area contributed by atoms with Crippen LogP contribution in [-0.4, -0.2) is 11.5 Å². The number of thioether (sulfide) groups is 1. The van der Waals surface area contributed by atoms with E-state index in [9.17, 15) is 4.79 Å². The molecule has 94 valence electrons. The molecule has 0 aromatic heterocycles. The number of carbonyl (C=O) groups excluding carboxylic acids is 1. The molecule has 0 heterocycles. The SMILES string of the molecule is C/C(N)=C(\C#N)C(=O)CSc1cc(C)ccc1C. The number of ketones is 1. The minimum atomic E-state index is -0.219. The summed E-state index contributed by atoms with van der Waals surface area (Å²) in [5.41, 5.74) is 8.13. The van der Waals surface area contributed by atoms with Gasteiger partial charge in [-0.3, -0.25) is 4.79 Å². The van der Waals surface area contributed by atoms with Crippen LogP contribution in [0.15, 0.2) is 34.4 Å². The third-order valence-corrected chi connectivity index (χ3v) is 3.64. The van der Waals surface area contributed by atoms with Gasteiger partial charge in [-0.2, -0.15) is 5.26 Å². The molecule has 0 unspecified atom stereocenters. The van der Waals surface area contributed by atoms with Crippen molar-refractivity contribution in [2.24, 2.45) is 5.73 Å². The van der Waals surface area contributed by atoms with Crippen molar-refractivity contribution in [1.29, 1.82) is 5.26 Å². The highest BCUT2D eigenvalue weighted by Crippen LogP contribution is 2.24. The number of rotatable bonds is 4. The number of carbonyl (C=O) groups is 1. The molecule has 2 N–H and O–H groups in total. The van der Waals surface area contributed by atoms with Gasteiger partial charge in [-0.05, 0) is 32.4 Å². The number of Topliss-reactive ketones (excluding diaryl/α,β-unsaturated/α-hetero) is 1. The molecule has 0 spiro atoms. The molecule has 0 saturated heterocycles. The lowest BCUT2D eigenvalue weighted by atomic mass is 10.2. The number of nitrogens with two attached hydrogens (primary N) is 1. The zero-order chi connectivity index (χ0) is 13.7. The minimum absolute atomic E-state index is 0.0628. The third kappa shape index (κ3) is 3.64. The molecule has 1 aromatic rings. The van der Waals surface area contributed by atoms with Gasteiger partial charge < -0.3 is 5.73 Å². The predicted octanol–water partition coefficient (Wildman–Crippen LogP) is 2.72. The van der Waals surface area contributed by atoms with E-state index >= 15 is 0 Å². The molecule has 1 aromatic carbocycles. The fourth-order valence-electron chi connectivity index (χ4n) is 1.45. The number of benzene rings is 1. The van der Waals surface area contributed by atoms with Crippen molar-refractivity contribution in [2.75, 3.05) is 5.75 Å². The maximum atomic E-state index is 11.8. The lowest BCUT2D eigenvalue weighted by Crippen LogP contribution is -2.10. The highest BCUT2D eigenvalue weighted by Gasteiger charge is 2.12. The van der Waals surface area contributed by atoms with E-state index in [1.807, 2.05) is 38.1 Å². The Balaban J connectivity index is 2.78. The summed E-state index contributed by atoms with van der Waals surface area (Å²) in [5, 5.41) is 8.84. The Morgan fingerprint density at radius 3 is 2.67 bits per heavy atom. The van der Waals surface area contributed by atoms with Gasteiger partial charge in [0, 0.05) is 10.6 Å². The maximum absolute atomic E-state index is 11.8. The van der Waals surface area contributed by atoms with Crippen LogP contribution >= 0.6 is 11.8 Å². The molecule has 3 nitrogen and oxygen atoms in total. The standard InChI is InChI=1S/C14H16N2OS/c1-9-4-5-10(2)14(6-9)18-8-13(17)12(7-15)11(3)16/h4-6H,8,16H2,1-3H3/b12-11-. The summed E-state index contributed by atoms with van der Waals surface area (Å²) in [7, 11) is 0. The van der Waals surface area contributed by atoms with Gasteiger partial charge in [-0.1, -0.05) is 17.7 Å². The summed E-state index contributed by atoms with van der Waals surface area (Å²) < 4.78 is 0. The van der Waals surface area contributed by atoms with Crippen LogP contribution in [0.3, 0.4) is 0 Å². The van der Waals surface area contributed by atoms with Crippen LogP contribution in [0.1, 0.15) is 18.1 Å². The molecule has 0 aliphatic carbocycles. The Bertz CT molecular complexity index is 537. The molecule has 1 rings (SSSR count). The normalized spacial score (nSPS) is 11.7. The van der Waals surface area contributed by atoms with Gasteiger partial charge in [-0.25, -0.2) is 0 Å². The van der Waals surface area contributed by atoms with Crippen molar-refractivity contribution in [3.8, 4) is 6.07 Å². The number of nitriles is 1. The van der Waals surface area contributed by atoms with E-state index in [1.54, 1.807) is 6.92 Å². The highest BCUT2D eigenvalue weighted by molar-refractivity contribution is 8.00. The van der Waals surface area contributed by atoms with E-state index in [0.717, 1.165) is 16.0 Å². The fraction of sp³-hybridized carbons (Fsp3) is 0.286. The zero-order valence-electron chi connectivity index (χ0n) is 10.8. The Kier molecular flexibility index (Phi) is 4.99. The van der Waals surface area contributed by atoms with Gasteiger partial charge >= 0.3 is 0 Å². The van der Waals surface area contributed by atoms with Gasteiger partial charge in [0.15, 0.2) is 5.78 Å². The number of hydrogen-bond donors (Lipinski definition) is 1. The topological polar surface area (TPSA) is 66.9 Å². The monoisotopic (exact) mass is 260 g/mol. The van der Waals surface area contributed by atoms with E-state index < -0.39 is 0 Å². The van der Waals surface area contributed by atoms with Crippen molar-refractivity contribution in [3.05, 3.63) is 40.6 Å². The summed E-state index contributed by atoms with van der Waals surface area (Å²) in [6.07, 6.45) is 0. The minimum Gasteiger partial charge on any atom is -0.401 e. The van der Waals surface area contributed by atoms with Gasteiger partial charge in [0.2, 0.25) is 0 Å². The van der Waals surface area contributed by atoms with E-state index in [0.29, 0.717) is 0 Å². The van der Waals surface area contributed by atoms with Crippen LogP contribution in [0.2, 0.25) is 0 Å². The maximum Gasteiger partial charge on any atom is 0.185 e. The first-order valence-electron chi connectivity index (χ1n) is 5.55. The van der Waals surface area contributed by atoms with E-state index in [1.165, 1.54) is 11.8 Å². The van der Waals surface area contributed by atoms with Crippen LogP contribution in [0.25, 0.3) is 0 Å². The van der Waals surface area contributed by atoms with Gasteiger partial charge in [0.25, 0.3) is 0 Å². The Morgan fingerprint density at radius 1 is 1.44 bits per heavy atom. The first kappa shape index (κ1) is 14.3. The predicted molar refractivity (Wildman–Crippen MR) is 74.1 cm³/mol. The van der Waals surface area contributed by atoms with E-state index in [4.69, 9.17) is 11.0 Å². The quantitative estimate of drug-likeness (QED) is 0.513. The molecule has 18 heavy (non-hydrogen) atoms. The average molecular weight is 260 g/mol. The van der Waals surface area contributed by atoms with Crippen LogP contribution < -0.4 is 5.73 Å². The second-order valence-electron chi connectivity index (χ2n) is 4.15. The van der Waals surface area contributed by atoms with Crippen molar-refractivity contribution in [3.63, 3.8) is 0 Å².